The predicted octanol–water partition coefficient (Wildman–Crippen LogP) is 3.35. The molecule has 34 heavy (non-hydrogen) atoms. The Morgan fingerprint density at radius 1 is 1.21 bits per heavy atom. The van der Waals surface area contributed by atoms with Gasteiger partial charge in [-0.25, -0.2) is 4.79 Å². The smallest absolute Gasteiger partial charge is 0.490 e. The van der Waals surface area contributed by atoms with Crippen molar-refractivity contribution in [1.29, 1.82) is 0 Å². The lowest BCUT2D eigenvalue weighted by Gasteiger charge is -2.16. The van der Waals surface area contributed by atoms with Gasteiger partial charge in [0, 0.05) is 29.1 Å². The van der Waals surface area contributed by atoms with Gasteiger partial charge < -0.3 is 26.2 Å². The van der Waals surface area contributed by atoms with E-state index in [0.717, 1.165) is 10.6 Å². The van der Waals surface area contributed by atoms with Crippen molar-refractivity contribution in [1.82, 2.24) is 5.32 Å². The van der Waals surface area contributed by atoms with Crippen molar-refractivity contribution in [3.63, 3.8) is 0 Å². The first-order chi connectivity index (χ1) is 16.0. The molecule has 1 aromatic carbocycles. The molecule has 5 N–H and O–H groups in total. The third kappa shape index (κ3) is 11.0. The van der Waals surface area contributed by atoms with Gasteiger partial charge in [0.1, 0.15) is 5.75 Å². The SMILES string of the molecule is CC[C@@H](/C=C/C(=O)Nc1ccc(OC)cc1)NC(=O)[C@@H](N)Cc1cccs1.O=C(O)C(F)(F)F. The molecule has 0 aliphatic carbocycles. The summed E-state index contributed by atoms with van der Waals surface area (Å²) in [7, 11) is 1.59. The monoisotopic (exact) mass is 501 g/mol. The molecule has 186 valence electrons. The number of carbonyl (C=O) groups excluding carboxylic acids is 2. The highest BCUT2D eigenvalue weighted by Crippen LogP contribution is 2.15. The molecule has 0 aliphatic rings. The number of halogens is 3. The van der Waals surface area contributed by atoms with Crippen molar-refractivity contribution in [2.45, 2.75) is 38.0 Å². The van der Waals surface area contributed by atoms with E-state index in [1.165, 1.54) is 6.08 Å². The maximum Gasteiger partial charge on any atom is 0.490 e. The molecule has 1 aromatic heterocycles. The van der Waals surface area contributed by atoms with Crippen LogP contribution in [0.15, 0.2) is 53.9 Å². The molecule has 2 aromatic rings. The number of carbonyl (C=O) groups is 3. The van der Waals surface area contributed by atoms with Gasteiger partial charge in [-0.2, -0.15) is 13.2 Å². The van der Waals surface area contributed by atoms with Crippen molar-refractivity contribution in [2.24, 2.45) is 5.73 Å². The third-order valence-corrected chi connectivity index (χ3v) is 5.08. The average molecular weight is 502 g/mol. The Kier molecular flexibility index (Phi) is 11.8. The zero-order chi connectivity index (χ0) is 25.7. The van der Waals surface area contributed by atoms with Gasteiger partial charge in [-0.05, 0) is 42.1 Å². The first-order valence-corrected chi connectivity index (χ1v) is 10.9. The average Bonchev–Trinajstić information content (AvgIpc) is 3.29. The van der Waals surface area contributed by atoms with Crippen LogP contribution in [0, 0.1) is 0 Å². The summed E-state index contributed by atoms with van der Waals surface area (Å²) < 4.78 is 36.8. The number of alkyl halides is 3. The lowest BCUT2D eigenvalue weighted by atomic mass is 10.1. The normalized spacial score (nSPS) is 12.8. The summed E-state index contributed by atoms with van der Waals surface area (Å²) >= 11 is 1.58. The Balaban J connectivity index is 0.000000718. The summed E-state index contributed by atoms with van der Waals surface area (Å²) in [5, 5.41) is 14.7. The summed E-state index contributed by atoms with van der Waals surface area (Å²) in [5.41, 5.74) is 6.64. The highest BCUT2D eigenvalue weighted by molar-refractivity contribution is 7.09. The highest BCUT2D eigenvalue weighted by atomic mass is 32.1. The van der Waals surface area contributed by atoms with Gasteiger partial charge in [0.25, 0.3) is 0 Å². The zero-order valence-corrected chi connectivity index (χ0v) is 19.3. The van der Waals surface area contributed by atoms with E-state index in [2.05, 4.69) is 10.6 Å². The van der Waals surface area contributed by atoms with E-state index < -0.39 is 18.2 Å². The number of amides is 2. The largest absolute Gasteiger partial charge is 0.497 e. The molecule has 0 aliphatic heterocycles. The second-order valence-corrected chi connectivity index (χ2v) is 7.83. The Labute approximate surface area is 198 Å². The van der Waals surface area contributed by atoms with Crippen LogP contribution in [-0.4, -0.2) is 48.3 Å². The fourth-order valence-corrected chi connectivity index (χ4v) is 3.14. The number of ether oxygens (including phenoxy) is 1. The van der Waals surface area contributed by atoms with Crippen LogP contribution in [0.5, 0.6) is 5.75 Å². The molecule has 1 heterocycles. The van der Waals surface area contributed by atoms with Gasteiger partial charge in [-0.1, -0.05) is 19.1 Å². The van der Waals surface area contributed by atoms with Crippen molar-refractivity contribution in [2.75, 3.05) is 12.4 Å². The maximum absolute atomic E-state index is 12.3. The van der Waals surface area contributed by atoms with E-state index >= 15 is 0 Å². The van der Waals surface area contributed by atoms with Gasteiger partial charge in [0.15, 0.2) is 0 Å². The number of thiophene rings is 1. The molecule has 0 fully saturated rings. The quantitative estimate of drug-likeness (QED) is 0.390. The molecule has 0 unspecified atom stereocenters. The predicted molar refractivity (Wildman–Crippen MR) is 123 cm³/mol. The van der Waals surface area contributed by atoms with Crippen molar-refractivity contribution < 1.29 is 37.4 Å². The van der Waals surface area contributed by atoms with E-state index in [-0.39, 0.29) is 17.9 Å². The summed E-state index contributed by atoms with van der Waals surface area (Å²) in [6.45, 7) is 1.93. The van der Waals surface area contributed by atoms with E-state index in [1.54, 1.807) is 48.8 Å². The van der Waals surface area contributed by atoms with Crippen LogP contribution in [0.1, 0.15) is 18.2 Å². The van der Waals surface area contributed by atoms with E-state index in [9.17, 15) is 22.8 Å². The first-order valence-electron chi connectivity index (χ1n) is 9.98. The molecule has 0 saturated carbocycles. The van der Waals surface area contributed by atoms with Gasteiger partial charge in [-0.3, -0.25) is 9.59 Å². The Morgan fingerprint density at radius 2 is 1.82 bits per heavy atom. The number of hydrogen-bond donors (Lipinski definition) is 4. The van der Waals surface area contributed by atoms with Gasteiger partial charge >= 0.3 is 12.1 Å². The number of benzene rings is 1. The fraction of sp³-hybridized carbons (Fsp3) is 0.318. The number of nitrogens with two attached hydrogens (primary N) is 1. The third-order valence-electron chi connectivity index (χ3n) is 4.19. The zero-order valence-electron chi connectivity index (χ0n) is 18.5. The lowest BCUT2D eigenvalue weighted by Crippen LogP contribution is -2.45. The standard InChI is InChI=1S/C20H25N3O3S.C2HF3O2/c1-3-14(23-20(25)18(21)13-17-5-4-12-27-17)8-11-19(24)22-15-6-9-16(26-2)10-7-15;3-2(4,5)1(6)7/h4-12,14,18H,3,13,21H2,1-2H3,(H,22,24)(H,23,25);(H,6,7)/b11-8+;/t14-,18-;/m0./s1. The van der Waals surface area contributed by atoms with Crippen molar-refractivity contribution >= 4 is 34.8 Å². The molecule has 12 heteroatoms. The maximum atomic E-state index is 12.3. The number of nitrogens with one attached hydrogen (secondary N) is 2. The molecule has 2 amide bonds. The molecule has 2 atom stereocenters. The van der Waals surface area contributed by atoms with E-state index in [4.69, 9.17) is 20.4 Å². The molecule has 0 bridgehead atoms. The van der Waals surface area contributed by atoms with Crippen LogP contribution in [0.25, 0.3) is 0 Å². The van der Waals surface area contributed by atoms with Crippen LogP contribution in [-0.2, 0) is 20.8 Å². The molecular formula is C22H26F3N3O5S. The molecule has 0 spiro atoms. The fourth-order valence-electron chi connectivity index (χ4n) is 2.38. The molecule has 8 nitrogen and oxygen atoms in total. The lowest BCUT2D eigenvalue weighted by molar-refractivity contribution is -0.192. The van der Waals surface area contributed by atoms with E-state index in [1.807, 2.05) is 24.4 Å². The summed E-state index contributed by atoms with van der Waals surface area (Å²) in [6.07, 6.45) is -0.830. The molecular weight excluding hydrogens is 475 g/mol. The van der Waals surface area contributed by atoms with Crippen LogP contribution in [0.4, 0.5) is 18.9 Å². The minimum atomic E-state index is -5.08. The number of methoxy groups -OCH3 is 1. The van der Waals surface area contributed by atoms with Crippen LogP contribution >= 0.6 is 11.3 Å². The summed E-state index contributed by atoms with van der Waals surface area (Å²) in [6, 6.07) is 10.1. The van der Waals surface area contributed by atoms with Crippen LogP contribution < -0.4 is 21.1 Å². The number of anilines is 1. The molecule has 0 radical (unpaired) electrons. The minimum absolute atomic E-state index is 0.226. The number of rotatable bonds is 9. The van der Waals surface area contributed by atoms with Gasteiger partial charge in [0.05, 0.1) is 13.2 Å². The summed E-state index contributed by atoms with van der Waals surface area (Å²) in [5.74, 6) is -2.53. The second kappa shape index (κ2) is 14.0. The van der Waals surface area contributed by atoms with Gasteiger partial charge in [0.2, 0.25) is 11.8 Å². The summed E-state index contributed by atoms with van der Waals surface area (Å²) in [4.78, 5) is 34.3. The van der Waals surface area contributed by atoms with E-state index in [0.29, 0.717) is 18.5 Å². The second-order valence-electron chi connectivity index (χ2n) is 6.79. The highest BCUT2D eigenvalue weighted by Gasteiger charge is 2.38. The topological polar surface area (TPSA) is 131 Å². The first kappa shape index (κ1) is 28.7. The van der Waals surface area contributed by atoms with Crippen LogP contribution in [0.3, 0.4) is 0 Å². The van der Waals surface area contributed by atoms with Crippen molar-refractivity contribution in [3.05, 3.63) is 58.8 Å². The van der Waals surface area contributed by atoms with Crippen molar-refractivity contribution in [3.8, 4) is 5.75 Å². The number of carboxylic acid groups (broad SMARTS) is 1. The number of carboxylic acids is 1. The molecule has 2 rings (SSSR count). The molecule has 0 saturated heterocycles. The van der Waals surface area contributed by atoms with Crippen LogP contribution in [0.2, 0.25) is 0 Å². The van der Waals surface area contributed by atoms with Gasteiger partial charge in [-0.15, -0.1) is 11.3 Å². The Hall–Kier alpha value is -3.38. The minimum Gasteiger partial charge on any atom is -0.497 e. The number of aliphatic carboxylic acids is 1. The Bertz CT molecular complexity index is 948. The Morgan fingerprint density at radius 3 is 2.29 bits per heavy atom. The number of hydrogen-bond acceptors (Lipinski definition) is 6.